The van der Waals surface area contributed by atoms with Crippen LogP contribution in [0.3, 0.4) is 0 Å². The van der Waals surface area contributed by atoms with Crippen molar-refractivity contribution < 1.29 is 17.9 Å². The molecule has 0 amide bonds. The predicted octanol–water partition coefficient (Wildman–Crippen LogP) is 3.28. The first-order valence-corrected chi connectivity index (χ1v) is 9.88. The van der Waals surface area contributed by atoms with Crippen LogP contribution in [0.5, 0.6) is 5.75 Å². The van der Waals surface area contributed by atoms with Gasteiger partial charge < -0.3 is 15.4 Å². The zero-order valence-electron chi connectivity index (χ0n) is 17.4. The summed E-state index contributed by atoms with van der Waals surface area (Å²) in [5, 5.41) is 14.6. The molecule has 0 unspecified atom stereocenters. The van der Waals surface area contributed by atoms with Crippen LogP contribution >= 0.6 is 0 Å². The molecule has 31 heavy (non-hydrogen) atoms. The first-order chi connectivity index (χ1) is 14.9. The summed E-state index contributed by atoms with van der Waals surface area (Å²) in [6, 6.07) is 10.9. The summed E-state index contributed by atoms with van der Waals surface area (Å²) in [6.07, 6.45) is -0.913. The minimum Gasteiger partial charge on any atom is -0.484 e. The highest BCUT2D eigenvalue weighted by Crippen LogP contribution is 2.23. The van der Waals surface area contributed by atoms with Crippen LogP contribution in [0.4, 0.5) is 13.2 Å². The number of hydrogen-bond donors (Lipinski definition) is 2. The highest BCUT2D eigenvalue weighted by atomic mass is 19.4. The van der Waals surface area contributed by atoms with E-state index < -0.39 is 12.8 Å². The topological polar surface area (TPSA) is 75.8 Å². The lowest BCUT2D eigenvalue weighted by Gasteiger charge is -2.16. The molecule has 0 aliphatic rings. The molecule has 0 bridgehead atoms. The number of guanidine groups is 1. The van der Waals surface area contributed by atoms with Crippen LogP contribution in [-0.2, 0) is 13.0 Å². The van der Waals surface area contributed by atoms with Crippen molar-refractivity contribution >= 4 is 11.6 Å². The number of rotatable bonds is 8. The third-order valence-corrected chi connectivity index (χ3v) is 4.54. The summed E-state index contributed by atoms with van der Waals surface area (Å²) in [6.45, 7) is 1.40. The second-order valence-corrected chi connectivity index (χ2v) is 7.02. The van der Waals surface area contributed by atoms with Crippen molar-refractivity contribution in [3.05, 3.63) is 59.5 Å². The van der Waals surface area contributed by atoms with E-state index in [0.717, 1.165) is 29.9 Å². The van der Waals surface area contributed by atoms with E-state index in [9.17, 15) is 13.2 Å². The smallest absolute Gasteiger partial charge is 0.422 e. The molecule has 3 aromatic rings. The molecule has 0 fully saturated rings. The maximum atomic E-state index is 12.5. The summed E-state index contributed by atoms with van der Waals surface area (Å²) >= 11 is 0. The van der Waals surface area contributed by atoms with Crippen molar-refractivity contribution in [3.63, 3.8) is 0 Å². The summed E-state index contributed by atoms with van der Waals surface area (Å²) in [5.74, 6) is 1.64. The van der Waals surface area contributed by atoms with Crippen LogP contribution in [0.25, 0.3) is 5.65 Å². The molecule has 0 saturated heterocycles. The summed E-state index contributed by atoms with van der Waals surface area (Å²) in [7, 11) is 1.64. The lowest BCUT2D eigenvalue weighted by molar-refractivity contribution is -0.153. The van der Waals surface area contributed by atoms with Gasteiger partial charge in [-0.05, 0) is 37.1 Å². The number of pyridine rings is 1. The van der Waals surface area contributed by atoms with Gasteiger partial charge in [-0.25, -0.2) is 0 Å². The second kappa shape index (κ2) is 10.1. The summed E-state index contributed by atoms with van der Waals surface area (Å²) < 4.78 is 44.5. The van der Waals surface area contributed by atoms with Gasteiger partial charge in [0.25, 0.3) is 0 Å². The highest BCUT2D eigenvalue weighted by Gasteiger charge is 2.28. The van der Waals surface area contributed by atoms with Crippen molar-refractivity contribution in [2.75, 3.05) is 20.2 Å². The van der Waals surface area contributed by atoms with Gasteiger partial charge in [0.15, 0.2) is 18.2 Å². The number of halogens is 3. The first kappa shape index (κ1) is 22.4. The molecular formula is C21H25F3N6O. The van der Waals surface area contributed by atoms with Crippen LogP contribution < -0.4 is 15.4 Å². The largest absolute Gasteiger partial charge is 0.484 e. The average molecular weight is 434 g/mol. The summed E-state index contributed by atoms with van der Waals surface area (Å²) in [5.41, 5.74) is 2.25. The molecule has 0 radical (unpaired) electrons. The zero-order chi connectivity index (χ0) is 22.3. The molecule has 7 nitrogen and oxygen atoms in total. The standard InChI is InChI=1S/C21H25F3N6O/c1-15-8-9-16(17(12-15)31-14-21(22,23)24)13-27-20(25-2)26-10-5-7-19-29-28-18-6-3-4-11-30(18)19/h3-4,6,8-9,11-12H,5,7,10,13-14H2,1-2H3,(H2,25,26,27). The zero-order valence-corrected chi connectivity index (χ0v) is 17.4. The highest BCUT2D eigenvalue weighted by molar-refractivity contribution is 5.79. The average Bonchev–Trinajstić information content (AvgIpc) is 3.15. The third kappa shape index (κ3) is 6.59. The monoisotopic (exact) mass is 434 g/mol. The number of ether oxygens (including phenoxy) is 1. The molecule has 10 heteroatoms. The number of hydrogen-bond acceptors (Lipinski definition) is 4. The molecular weight excluding hydrogens is 409 g/mol. The number of aliphatic imine (C=N–C) groups is 1. The van der Waals surface area contributed by atoms with E-state index in [2.05, 4.69) is 25.8 Å². The molecule has 0 saturated carbocycles. The van der Waals surface area contributed by atoms with Crippen LogP contribution in [-0.4, -0.2) is 46.9 Å². The molecule has 3 rings (SSSR count). The molecule has 2 aromatic heterocycles. The second-order valence-electron chi connectivity index (χ2n) is 7.02. The van der Waals surface area contributed by atoms with Gasteiger partial charge in [0, 0.05) is 38.3 Å². The van der Waals surface area contributed by atoms with Gasteiger partial charge in [-0.2, -0.15) is 13.2 Å². The predicted molar refractivity (Wildman–Crippen MR) is 112 cm³/mol. The minimum atomic E-state index is -4.39. The number of aryl methyl sites for hydroxylation is 2. The van der Waals surface area contributed by atoms with Gasteiger partial charge in [-0.15, -0.1) is 10.2 Å². The van der Waals surface area contributed by atoms with E-state index in [4.69, 9.17) is 4.74 Å². The number of nitrogens with zero attached hydrogens (tertiary/aromatic N) is 4. The van der Waals surface area contributed by atoms with Gasteiger partial charge in [0.05, 0.1) is 0 Å². The van der Waals surface area contributed by atoms with Crippen molar-refractivity contribution in [2.24, 2.45) is 4.99 Å². The number of fused-ring (bicyclic) bond motifs is 1. The molecule has 0 aliphatic heterocycles. The van der Waals surface area contributed by atoms with Crippen molar-refractivity contribution in [2.45, 2.75) is 32.5 Å². The van der Waals surface area contributed by atoms with E-state index in [1.54, 1.807) is 26.1 Å². The molecule has 0 aliphatic carbocycles. The number of aromatic nitrogens is 3. The maximum Gasteiger partial charge on any atom is 0.422 e. The van der Waals surface area contributed by atoms with Crippen LogP contribution in [0.2, 0.25) is 0 Å². The molecule has 2 N–H and O–H groups in total. The Morgan fingerprint density at radius 1 is 1.16 bits per heavy atom. The molecule has 1 aromatic carbocycles. The Bertz CT molecular complexity index is 1030. The molecule has 0 atom stereocenters. The van der Waals surface area contributed by atoms with Gasteiger partial charge in [0.2, 0.25) is 0 Å². The minimum absolute atomic E-state index is 0.207. The Hall–Kier alpha value is -3.30. The van der Waals surface area contributed by atoms with Gasteiger partial charge >= 0.3 is 6.18 Å². The molecule has 0 spiro atoms. The third-order valence-electron chi connectivity index (χ3n) is 4.54. The maximum absolute atomic E-state index is 12.5. The fraction of sp³-hybridized carbons (Fsp3) is 0.381. The Labute approximate surface area is 178 Å². The number of nitrogens with one attached hydrogen (secondary N) is 2. The Kier molecular flexibility index (Phi) is 7.32. The SMILES string of the molecule is CN=C(NCCCc1nnc2ccccn12)NCc1ccc(C)cc1OCC(F)(F)F. The van der Waals surface area contributed by atoms with Gasteiger partial charge in [-0.3, -0.25) is 9.39 Å². The number of alkyl halides is 3. The lowest BCUT2D eigenvalue weighted by atomic mass is 10.1. The van der Waals surface area contributed by atoms with Crippen molar-refractivity contribution in [1.29, 1.82) is 0 Å². The van der Waals surface area contributed by atoms with Gasteiger partial charge in [-0.1, -0.05) is 18.2 Å². The van der Waals surface area contributed by atoms with E-state index >= 15 is 0 Å². The van der Waals surface area contributed by atoms with Gasteiger partial charge in [0.1, 0.15) is 11.6 Å². The first-order valence-electron chi connectivity index (χ1n) is 9.88. The summed E-state index contributed by atoms with van der Waals surface area (Å²) in [4.78, 5) is 4.16. The van der Waals surface area contributed by atoms with E-state index in [0.29, 0.717) is 18.1 Å². The molecule has 166 valence electrons. The Morgan fingerprint density at radius 3 is 2.77 bits per heavy atom. The van der Waals surface area contributed by atoms with Crippen molar-refractivity contribution in [1.82, 2.24) is 25.2 Å². The van der Waals surface area contributed by atoms with Crippen LogP contribution in [0, 0.1) is 6.92 Å². The Balaban J connectivity index is 1.49. The normalized spacial score (nSPS) is 12.2. The fourth-order valence-corrected chi connectivity index (χ4v) is 3.02. The van der Waals surface area contributed by atoms with Crippen LogP contribution in [0.1, 0.15) is 23.4 Å². The number of benzene rings is 1. The quantitative estimate of drug-likeness (QED) is 0.323. The van der Waals surface area contributed by atoms with E-state index in [-0.39, 0.29) is 12.3 Å². The van der Waals surface area contributed by atoms with Crippen molar-refractivity contribution in [3.8, 4) is 5.75 Å². The molecule has 2 heterocycles. The van der Waals surface area contributed by atoms with Crippen LogP contribution in [0.15, 0.2) is 47.6 Å². The van der Waals surface area contributed by atoms with E-state index in [1.807, 2.05) is 34.9 Å². The van der Waals surface area contributed by atoms with E-state index in [1.165, 1.54) is 0 Å². The fourth-order valence-electron chi connectivity index (χ4n) is 3.02. The Morgan fingerprint density at radius 2 is 2.00 bits per heavy atom. The lowest BCUT2D eigenvalue weighted by Crippen LogP contribution is -2.37.